The van der Waals surface area contributed by atoms with Crippen molar-refractivity contribution in [3.63, 3.8) is 0 Å². The molecule has 1 aliphatic rings. The molecule has 1 rings (SSSR count). The van der Waals surface area contributed by atoms with E-state index in [2.05, 4.69) is 39.6 Å². The molecule has 0 bridgehead atoms. The van der Waals surface area contributed by atoms with Crippen molar-refractivity contribution in [2.75, 3.05) is 20.1 Å². The number of hydrogen-bond acceptors (Lipinski definition) is 2. The second-order valence-corrected chi connectivity index (χ2v) is 6.95. The van der Waals surface area contributed by atoms with Crippen LogP contribution in [0.25, 0.3) is 0 Å². The third-order valence-electron chi connectivity index (χ3n) is 3.80. The molecule has 0 heterocycles. The van der Waals surface area contributed by atoms with Gasteiger partial charge >= 0.3 is 0 Å². The van der Waals surface area contributed by atoms with Gasteiger partial charge in [-0.05, 0) is 43.6 Å². The van der Waals surface area contributed by atoms with Gasteiger partial charge in [-0.3, -0.25) is 0 Å². The van der Waals surface area contributed by atoms with Crippen molar-refractivity contribution >= 4 is 0 Å². The van der Waals surface area contributed by atoms with Crippen molar-refractivity contribution in [1.82, 2.24) is 4.90 Å². The second-order valence-electron chi connectivity index (χ2n) is 6.95. The average molecular weight is 226 g/mol. The van der Waals surface area contributed by atoms with Gasteiger partial charge in [0.1, 0.15) is 0 Å². The molecule has 2 atom stereocenters. The van der Waals surface area contributed by atoms with Crippen LogP contribution in [0.4, 0.5) is 0 Å². The summed E-state index contributed by atoms with van der Waals surface area (Å²) in [5.74, 6) is 1.44. The van der Waals surface area contributed by atoms with E-state index >= 15 is 0 Å². The topological polar surface area (TPSA) is 29.3 Å². The maximum absolute atomic E-state index is 6.25. The molecule has 1 fully saturated rings. The lowest BCUT2D eigenvalue weighted by atomic mass is 9.70. The molecule has 0 radical (unpaired) electrons. The van der Waals surface area contributed by atoms with E-state index < -0.39 is 0 Å². The molecule has 1 saturated carbocycles. The van der Waals surface area contributed by atoms with Crippen LogP contribution in [0.15, 0.2) is 0 Å². The third-order valence-corrected chi connectivity index (χ3v) is 3.80. The molecule has 2 unspecified atom stereocenters. The predicted molar refractivity (Wildman–Crippen MR) is 71.4 cm³/mol. The van der Waals surface area contributed by atoms with Crippen LogP contribution in [-0.4, -0.2) is 31.1 Å². The molecule has 0 aromatic rings. The van der Waals surface area contributed by atoms with Gasteiger partial charge in [0.25, 0.3) is 0 Å². The summed E-state index contributed by atoms with van der Waals surface area (Å²) in [6, 6.07) is 0.419. The first kappa shape index (κ1) is 14.0. The summed E-state index contributed by atoms with van der Waals surface area (Å²) in [6.07, 6.45) is 3.78. The van der Waals surface area contributed by atoms with Gasteiger partial charge in [0, 0.05) is 19.1 Å². The summed E-state index contributed by atoms with van der Waals surface area (Å²) in [5, 5.41) is 0. The summed E-state index contributed by atoms with van der Waals surface area (Å²) in [6.45, 7) is 11.7. The highest BCUT2D eigenvalue weighted by Crippen LogP contribution is 2.38. The summed E-state index contributed by atoms with van der Waals surface area (Å²) in [5.41, 5.74) is 6.75. The van der Waals surface area contributed by atoms with Gasteiger partial charge in [-0.15, -0.1) is 0 Å². The highest BCUT2D eigenvalue weighted by Gasteiger charge is 2.33. The normalized spacial score (nSPS) is 30.0. The Bertz CT molecular complexity index is 211. The standard InChI is InChI=1S/C14H30N2/c1-11(2)9-16(5)10-12-8-14(3,4)7-6-13(12)15/h11-13H,6-10,15H2,1-5H3. The lowest BCUT2D eigenvalue weighted by Gasteiger charge is -2.41. The fourth-order valence-electron chi connectivity index (χ4n) is 3.05. The average Bonchev–Trinajstić information content (AvgIpc) is 2.09. The van der Waals surface area contributed by atoms with Crippen LogP contribution in [0, 0.1) is 17.3 Å². The van der Waals surface area contributed by atoms with Gasteiger partial charge in [0.2, 0.25) is 0 Å². The predicted octanol–water partition coefficient (Wildman–Crippen LogP) is 2.73. The van der Waals surface area contributed by atoms with E-state index in [1.54, 1.807) is 0 Å². The molecule has 2 heteroatoms. The Kier molecular flexibility index (Phi) is 4.81. The first-order valence-electron chi connectivity index (χ1n) is 6.74. The number of rotatable bonds is 4. The van der Waals surface area contributed by atoms with E-state index in [1.165, 1.54) is 32.4 Å². The van der Waals surface area contributed by atoms with Crippen LogP contribution in [0.3, 0.4) is 0 Å². The summed E-state index contributed by atoms with van der Waals surface area (Å²) in [7, 11) is 2.23. The summed E-state index contributed by atoms with van der Waals surface area (Å²) < 4.78 is 0. The molecule has 2 N–H and O–H groups in total. The second kappa shape index (κ2) is 5.50. The van der Waals surface area contributed by atoms with Crippen molar-refractivity contribution in [2.45, 2.75) is 53.0 Å². The lowest BCUT2D eigenvalue weighted by Crippen LogP contribution is -2.44. The Morgan fingerprint density at radius 3 is 2.56 bits per heavy atom. The van der Waals surface area contributed by atoms with E-state index in [1.807, 2.05) is 0 Å². The fourth-order valence-corrected chi connectivity index (χ4v) is 3.05. The van der Waals surface area contributed by atoms with Crippen LogP contribution in [-0.2, 0) is 0 Å². The van der Waals surface area contributed by atoms with Crippen LogP contribution >= 0.6 is 0 Å². The third kappa shape index (κ3) is 4.42. The SMILES string of the molecule is CC(C)CN(C)CC1CC(C)(C)CCC1N. The van der Waals surface area contributed by atoms with Crippen LogP contribution < -0.4 is 5.73 Å². The quantitative estimate of drug-likeness (QED) is 0.798. The lowest BCUT2D eigenvalue weighted by molar-refractivity contribution is 0.120. The van der Waals surface area contributed by atoms with E-state index in [-0.39, 0.29) is 0 Å². The highest BCUT2D eigenvalue weighted by molar-refractivity contribution is 4.88. The van der Waals surface area contributed by atoms with E-state index in [4.69, 9.17) is 5.73 Å². The molecule has 0 aromatic heterocycles. The van der Waals surface area contributed by atoms with Crippen LogP contribution in [0.2, 0.25) is 0 Å². The minimum absolute atomic E-state index is 0.419. The van der Waals surface area contributed by atoms with E-state index in [0.29, 0.717) is 17.4 Å². The van der Waals surface area contributed by atoms with Crippen molar-refractivity contribution < 1.29 is 0 Å². The molecule has 0 aromatic carbocycles. The van der Waals surface area contributed by atoms with Crippen LogP contribution in [0.1, 0.15) is 47.0 Å². The molecule has 1 aliphatic carbocycles. The smallest absolute Gasteiger partial charge is 0.00797 e. The molecule has 2 nitrogen and oxygen atoms in total. The van der Waals surface area contributed by atoms with Gasteiger partial charge in [-0.25, -0.2) is 0 Å². The molecule has 16 heavy (non-hydrogen) atoms. The highest BCUT2D eigenvalue weighted by atomic mass is 15.1. The molecule has 96 valence electrons. The van der Waals surface area contributed by atoms with Crippen molar-refractivity contribution in [3.8, 4) is 0 Å². The van der Waals surface area contributed by atoms with Gasteiger partial charge < -0.3 is 10.6 Å². The summed E-state index contributed by atoms with van der Waals surface area (Å²) >= 11 is 0. The maximum Gasteiger partial charge on any atom is 0.00797 e. The molecule has 0 saturated heterocycles. The first-order chi connectivity index (χ1) is 7.30. The largest absolute Gasteiger partial charge is 0.327 e. The fraction of sp³-hybridized carbons (Fsp3) is 1.00. The molecule has 0 spiro atoms. The molecule has 0 aliphatic heterocycles. The van der Waals surface area contributed by atoms with Crippen molar-refractivity contribution in [3.05, 3.63) is 0 Å². The Hall–Kier alpha value is -0.0800. The molecule has 0 amide bonds. The molecular weight excluding hydrogens is 196 g/mol. The van der Waals surface area contributed by atoms with E-state index in [9.17, 15) is 0 Å². The number of nitrogens with zero attached hydrogens (tertiary/aromatic N) is 1. The number of nitrogens with two attached hydrogens (primary N) is 1. The van der Waals surface area contributed by atoms with Gasteiger partial charge in [-0.1, -0.05) is 27.7 Å². The zero-order valence-electron chi connectivity index (χ0n) is 11.8. The number of hydrogen-bond donors (Lipinski definition) is 1. The molecular formula is C14H30N2. The van der Waals surface area contributed by atoms with E-state index in [0.717, 1.165) is 5.92 Å². The Morgan fingerprint density at radius 2 is 2.00 bits per heavy atom. The van der Waals surface area contributed by atoms with Crippen LogP contribution in [0.5, 0.6) is 0 Å². The minimum Gasteiger partial charge on any atom is -0.327 e. The van der Waals surface area contributed by atoms with Gasteiger partial charge in [0.05, 0.1) is 0 Å². The van der Waals surface area contributed by atoms with Crippen molar-refractivity contribution in [1.29, 1.82) is 0 Å². The summed E-state index contributed by atoms with van der Waals surface area (Å²) in [4.78, 5) is 2.45. The van der Waals surface area contributed by atoms with Crippen molar-refractivity contribution in [2.24, 2.45) is 23.0 Å². The zero-order valence-corrected chi connectivity index (χ0v) is 11.8. The van der Waals surface area contributed by atoms with Gasteiger partial charge in [-0.2, -0.15) is 0 Å². The first-order valence-corrected chi connectivity index (χ1v) is 6.74. The minimum atomic E-state index is 0.419. The monoisotopic (exact) mass is 226 g/mol. The zero-order chi connectivity index (χ0) is 12.3. The Labute approximate surface area is 102 Å². The van der Waals surface area contributed by atoms with Gasteiger partial charge in [0.15, 0.2) is 0 Å². The Morgan fingerprint density at radius 1 is 1.38 bits per heavy atom. The Balaban J connectivity index is 2.45. The maximum atomic E-state index is 6.25.